The number of methoxy groups -OCH3 is 1. The van der Waals surface area contributed by atoms with Crippen LogP contribution < -0.4 is 4.74 Å². The summed E-state index contributed by atoms with van der Waals surface area (Å²) in [5.74, 6) is 2.06. The lowest BCUT2D eigenvalue weighted by Crippen LogP contribution is -2.05. The second-order valence-electron chi connectivity index (χ2n) is 4.74. The molecule has 0 amide bonds. The number of nitrogens with zero attached hydrogens (tertiary/aromatic N) is 3. The Morgan fingerprint density at radius 2 is 2.14 bits per heavy atom. The molecular weight excluding hydrogens is 286 g/mol. The van der Waals surface area contributed by atoms with Crippen LogP contribution in [0, 0.1) is 0 Å². The molecule has 0 bridgehead atoms. The van der Waals surface area contributed by atoms with E-state index in [1.54, 1.807) is 7.11 Å². The van der Waals surface area contributed by atoms with E-state index in [-0.39, 0.29) is 0 Å². The number of benzene rings is 1. The fraction of sp³-hybridized carbons (Fsp3) is 0.250. The van der Waals surface area contributed by atoms with E-state index in [1.165, 1.54) is 0 Å². The van der Waals surface area contributed by atoms with E-state index < -0.39 is 0 Å². The third kappa shape index (κ3) is 2.85. The molecule has 0 aliphatic rings. The number of hydrogen-bond acceptors (Lipinski definition) is 3. The molecule has 3 rings (SSSR count). The van der Waals surface area contributed by atoms with Crippen molar-refractivity contribution in [3.63, 3.8) is 0 Å². The molecule has 0 aliphatic carbocycles. The molecule has 0 fully saturated rings. The standard InChI is InChI=1S/C16H16ClN3O/c1-21-13-5-6-15-14(10-13)19-16(11-17)20(15)9-7-12-4-2-3-8-18-12/h2-6,8,10H,7,9,11H2,1H3. The van der Waals surface area contributed by atoms with Crippen LogP contribution in [0.15, 0.2) is 42.6 Å². The first-order valence-electron chi connectivity index (χ1n) is 6.81. The Morgan fingerprint density at radius 3 is 2.86 bits per heavy atom. The zero-order chi connectivity index (χ0) is 14.7. The smallest absolute Gasteiger partial charge is 0.124 e. The number of aromatic nitrogens is 3. The van der Waals surface area contributed by atoms with E-state index in [0.717, 1.165) is 41.3 Å². The summed E-state index contributed by atoms with van der Waals surface area (Å²) in [6.45, 7) is 0.807. The minimum absolute atomic E-state index is 0.388. The van der Waals surface area contributed by atoms with Crippen LogP contribution in [0.5, 0.6) is 5.75 Å². The molecule has 1 aromatic carbocycles. The van der Waals surface area contributed by atoms with E-state index in [2.05, 4.69) is 14.5 Å². The Balaban J connectivity index is 1.93. The number of aryl methyl sites for hydroxylation is 2. The molecule has 0 aliphatic heterocycles. The minimum Gasteiger partial charge on any atom is -0.497 e. The number of fused-ring (bicyclic) bond motifs is 1. The van der Waals surface area contributed by atoms with Crippen LogP contribution in [0.1, 0.15) is 11.5 Å². The van der Waals surface area contributed by atoms with Gasteiger partial charge in [-0.15, -0.1) is 11.6 Å². The van der Waals surface area contributed by atoms with Gasteiger partial charge in [-0.2, -0.15) is 0 Å². The molecule has 4 nitrogen and oxygen atoms in total. The second-order valence-corrected chi connectivity index (χ2v) is 5.01. The first-order chi connectivity index (χ1) is 10.3. The SMILES string of the molecule is COc1ccc2c(c1)nc(CCl)n2CCc1ccccn1. The van der Waals surface area contributed by atoms with Crippen LogP contribution in [-0.2, 0) is 18.8 Å². The van der Waals surface area contributed by atoms with Crippen molar-refractivity contribution >= 4 is 22.6 Å². The first-order valence-corrected chi connectivity index (χ1v) is 7.34. The molecule has 0 unspecified atom stereocenters. The lowest BCUT2D eigenvalue weighted by molar-refractivity contribution is 0.415. The van der Waals surface area contributed by atoms with Crippen molar-refractivity contribution in [2.45, 2.75) is 18.8 Å². The number of hydrogen-bond donors (Lipinski definition) is 0. The van der Waals surface area contributed by atoms with Gasteiger partial charge in [0, 0.05) is 30.9 Å². The molecule has 2 heterocycles. The van der Waals surface area contributed by atoms with Crippen molar-refractivity contribution in [3.8, 4) is 5.75 Å². The van der Waals surface area contributed by atoms with E-state index in [9.17, 15) is 0 Å². The molecule has 108 valence electrons. The summed E-state index contributed by atoms with van der Waals surface area (Å²) in [7, 11) is 1.65. The van der Waals surface area contributed by atoms with Crippen LogP contribution in [0.3, 0.4) is 0 Å². The molecule has 0 atom stereocenters. The number of imidazole rings is 1. The molecule has 0 saturated heterocycles. The molecule has 0 saturated carbocycles. The molecule has 0 spiro atoms. The van der Waals surface area contributed by atoms with Gasteiger partial charge in [0.2, 0.25) is 0 Å². The fourth-order valence-corrected chi connectivity index (χ4v) is 2.61. The minimum atomic E-state index is 0.388. The maximum atomic E-state index is 6.03. The molecule has 0 N–H and O–H groups in total. The van der Waals surface area contributed by atoms with Crippen molar-refractivity contribution < 1.29 is 4.74 Å². The summed E-state index contributed by atoms with van der Waals surface area (Å²) >= 11 is 6.03. The van der Waals surface area contributed by atoms with Crippen LogP contribution in [-0.4, -0.2) is 21.6 Å². The quantitative estimate of drug-likeness (QED) is 0.678. The first kappa shape index (κ1) is 13.9. The van der Waals surface area contributed by atoms with Gasteiger partial charge in [-0.25, -0.2) is 4.98 Å². The van der Waals surface area contributed by atoms with E-state index >= 15 is 0 Å². The van der Waals surface area contributed by atoms with Crippen molar-refractivity contribution in [3.05, 3.63) is 54.1 Å². The van der Waals surface area contributed by atoms with Gasteiger partial charge in [-0.1, -0.05) is 6.07 Å². The summed E-state index contributed by atoms with van der Waals surface area (Å²) in [5, 5.41) is 0. The third-order valence-electron chi connectivity index (χ3n) is 3.47. The summed E-state index contributed by atoms with van der Waals surface area (Å²) < 4.78 is 7.39. The highest BCUT2D eigenvalue weighted by Gasteiger charge is 2.11. The van der Waals surface area contributed by atoms with Crippen LogP contribution in [0.25, 0.3) is 11.0 Å². The molecule has 2 aromatic heterocycles. The van der Waals surface area contributed by atoms with Gasteiger partial charge in [-0.05, 0) is 24.3 Å². The average molecular weight is 302 g/mol. The Bertz CT molecular complexity index is 740. The van der Waals surface area contributed by atoms with Gasteiger partial charge in [0.1, 0.15) is 11.6 Å². The van der Waals surface area contributed by atoms with Crippen molar-refractivity contribution in [1.29, 1.82) is 0 Å². The maximum absolute atomic E-state index is 6.03. The summed E-state index contributed by atoms with van der Waals surface area (Å²) in [6.07, 6.45) is 2.66. The van der Waals surface area contributed by atoms with Gasteiger partial charge in [0.05, 0.1) is 24.0 Å². The highest BCUT2D eigenvalue weighted by molar-refractivity contribution is 6.16. The molecule has 5 heteroatoms. The third-order valence-corrected chi connectivity index (χ3v) is 3.71. The number of ether oxygens (including phenoxy) is 1. The Morgan fingerprint density at radius 1 is 1.24 bits per heavy atom. The van der Waals surface area contributed by atoms with Crippen molar-refractivity contribution in [2.75, 3.05) is 7.11 Å². The van der Waals surface area contributed by atoms with Crippen LogP contribution >= 0.6 is 11.6 Å². The number of alkyl halides is 1. The van der Waals surface area contributed by atoms with Crippen LogP contribution in [0.4, 0.5) is 0 Å². The van der Waals surface area contributed by atoms with Gasteiger partial charge < -0.3 is 9.30 Å². The van der Waals surface area contributed by atoms with E-state index in [4.69, 9.17) is 16.3 Å². The number of rotatable bonds is 5. The Hall–Kier alpha value is -2.07. The van der Waals surface area contributed by atoms with Crippen LogP contribution in [0.2, 0.25) is 0 Å². The monoisotopic (exact) mass is 301 g/mol. The largest absolute Gasteiger partial charge is 0.497 e. The fourth-order valence-electron chi connectivity index (χ4n) is 2.41. The molecule has 0 radical (unpaired) electrons. The average Bonchev–Trinajstić information content (AvgIpc) is 2.90. The number of halogens is 1. The normalized spacial score (nSPS) is 11.0. The maximum Gasteiger partial charge on any atom is 0.124 e. The topological polar surface area (TPSA) is 39.9 Å². The molecule has 21 heavy (non-hydrogen) atoms. The molecule has 3 aromatic rings. The van der Waals surface area contributed by atoms with Gasteiger partial charge in [0.25, 0.3) is 0 Å². The van der Waals surface area contributed by atoms with Crippen molar-refractivity contribution in [1.82, 2.24) is 14.5 Å². The Kier molecular flexibility index (Phi) is 4.06. The second kappa shape index (κ2) is 6.14. The van der Waals surface area contributed by atoms with Gasteiger partial charge >= 0.3 is 0 Å². The van der Waals surface area contributed by atoms with Gasteiger partial charge in [-0.3, -0.25) is 4.98 Å². The lowest BCUT2D eigenvalue weighted by atomic mass is 10.2. The van der Waals surface area contributed by atoms with E-state index in [1.807, 2.05) is 42.6 Å². The van der Waals surface area contributed by atoms with Gasteiger partial charge in [0.15, 0.2) is 0 Å². The van der Waals surface area contributed by atoms with Crippen molar-refractivity contribution in [2.24, 2.45) is 0 Å². The summed E-state index contributed by atoms with van der Waals surface area (Å²) in [5.41, 5.74) is 3.04. The highest BCUT2D eigenvalue weighted by atomic mass is 35.5. The summed E-state index contributed by atoms with van der Waals surface area (Å²) in [4.78, 5) is 8.94. The predicted octanol–water partition coefficient (Wildman–Crippen LogP) is 3.42. The molecular formula is C16H16ClN3O. The zero-order valence-electron chi connectivity index (χ0n) is 11.8. The predicted molar refractivity (Wildman–Crippen MR) is 83.8 cm³/mol. The summed E-state index contributed by atoms with van der Waals surface area (Å²) in [6, 6.07) is 11.9. The number of pyridine rings is 1. The zero-order valence-corrected chi connectivity index (χ0v) is 12.5. The van der Waals surface area contributed by atoms with E-state index in [0.29, 0.717) is 5.88 Å². The highest BCUT2D eigenvalue weighted by Crippen LogP contribution is 2.23. The lowest BCUT2D eigenvalue weighted by Gasteiger charge is -2.07. The Labute approximate surface area is 128 Å².